The van der Waals surface area contributed by atoms with Crippen LogP contribution in [-0.4, -0.2) is 24.7 Å². The highest BCUT2D eigenvalue weighted by atomic mass is 15.1. The second-order valence-electron chi connectivity index (χ2n) is 6.82. The summed E-state index contributed by atoms with van der Waals surface area (Å²) in [5.74, 6) is 0.916. The smallest absolute Gasteiger partial charge is 0.0127 e. The fourth-order valence-corrected chi connectivity index (χ4v) is 3.76. The van der Waals surface area contributed by atoms with Crippen LogP contribution in [0.3, 0.4) is 0 Å². The van der Waals surface area contributed by atoms with Crippen molar-refractivity contribution in [3.63, 3.8) is 0 Å². The summed E-state index contributed by atoms with van der Waals surface area (Å²) in [5.41, 5.74) is 0.580. The van der Waals surface area contributed by atoms with Crippen molar-refractivity contribution in [3.8, 4) is 0 Å². The Bertz CT molecular complexity index is 255. The molecule has 3 rings (SSSR count). The highest BCUT2D eigenvalue weighted by Gasteiger charge is 2.48. The van der Waals surface area contributed by atoms with Crippen molar-refractivity contribution in [2.45, 2.75) is 70.5 Å². The summed E-state index contributed by atoms with van der Waals surface area (Å²) in [4.78, 5) is 0. The quantitative estimate of drug-likeness (QED) is 0.765. The van der Waals surface area contributed by atoms with E-state index in [1.807, 2.05) is 0 Å². The molecule has 92 valence electrons. The molecule has 0 aromatic heterocycles. The SMILES string of the molecule is CC1(C)CC1NC1CCCC1C1CCCN1. The fourth-order valence-electron chi connectivity index (χ4n) is 3.76. The van der Waals surface area contributed by atoms with E-state index in [1.165, 1.54) is 45.1 Å². The lowest BCUT2D eigenvalue weighted by Gasteiger charge is -2.27. The first kappa shape index (κ1) is 11.0. The van der Waals surface area contributed by atoms with E-state index in [4.69, 9.17) is 0 Å². The standard InChI is InChI=1S/C14H26N2/c1-14(2)9-13(14)16-12-6-3-5-10(12)11-7-4-8-15-11/h10-13,15-16H,3-9H2,1-2H3. The molecule has 0 aromatic carbocycles. The van der Waals surface area contributed by atoms with Gasteiger partial charge in [0, 0.05) is 18.1 Å². The molecule has 0 spiro atoms. The predicted octanol–water partition coefficient (Wildman–Crippen LogP) is 2.30. The maximum atomic E-state index is 3.93. The average molecular weight is 222 g/mol. The zero-order valence-corrected chi connectivity index (χ0v) is 10.8. The Morgan fingerprint density at radius 1 is 1.12 bits per heavy atom. The second-order valence-corrected chi connectivity index (χ2v) is 6.82. The lowest BCUT2D eigenvalue weighted by Crippen LogP contribution is -2.43. The van der Waals surface area contributed by atoms with Gasteiger partial charge in [0.15, 0.2) is 0 Å². The third-order valence-electron chi connectivity index (χ3n) is 5.11. The van der Waals surface area contributed by atoms with Crippen LogP contribution in [0.5, 0.6) is 0 Å². The van der Waals surface area contributed by atoms with Gasteiger partial charge in [-0.05, 0) is 50.0 Å². The molecule has 0 amide bonds. The van der Waals surface area contributed by atoms with E-state index in [0.717, 1.165) is 24.0 Å². The van der Waals surface area contributed by atoms with Gasteiger partial charge in [0.2, 0.25) is 0 Å². The molecule has 2 heteroatoms. The Kier molecular flexibility index (Phi) is 2.75. The number of rotatable bonds is 3. The molecular weight excluding hydrogens is 196 g/mol. The van der Waals surface area contributed by atoms with E-state index in [0.29, 0.717) is 5.41 Å². The Balaban J connectivity index is 1.57. The van der Waals surface area contributed by atoms with Gasteiger partial charge in [0.1, 0.15) is 0 Å². The van der Waals surface area contributed by atoms with Gasteiger partial charge >= 0.3 is 0 Å². The molecule has 4 atom stereocenters. The van der Waals surface area contributed by atoms with Crippen LogP contribution in [0.25, 0.3) is 0 Å². The zero-order valence-electron chi connectivity index (χ0n) is 10.8. The topological polar surface area (TPSA) is 24.1 Å². The van der Waals surface area contributed by atoms with Gasteiger partial charge in [-0.15, -0.1) is 0 Å². The van der Waals surface area contributed by atoms with Gasteiger partial charge in [0.25, 0.3) is 0 Å². The molecular formula is C14H26N2. The minimum absolute atomic E-state index is 0.580. The van der Waals surface area contributed by atoms with E-state index in [-0.39, 0.29) is 0 Å². The average Bonchev–Trinajstić information content (AvgIpc) is 2.66. The largest absolute Gasteiger partial charge is 0.314 e. The van der Waals surface area contributed by atoms with Crippen LogP contribution in [0.2, 0.25) is 0 Å². The monoisotopic (exact) mass is 222 g/mol. The maximum absolute atomic E-state index is 3.93. The summed E-state index contributed by atoms with van der Waals surface area (Å²) < 4.78 is 0. The molecule has 4 unspecified atom stereocenters. The van der Waals surface area contributed by atoms with Crippen molar-refractivity contribution >= 4 is 0 Å². The highest BCUT2D eigenvalue weighted by Crippen LogP contribution is 2.46. The van der Waals surface area contributed by atoms with Crippen LogP contribution in [0.4, 0.5) is 0 Å². The van der Waals surface area contributed by atoms with Crippen LogP contribution in [0.15, 0.2) is 0 Å². The maximum Gasteiger partial charge on any atom is 0.0127 e. The first-order chi connectivity index (χ1) is 7.67. The molecule has 0 aromatic rings. The van der Waals surface area contributed by atoms with Crippen molar-refractivity contribution in [1.82, 2.24) is 10.6 Å². The van der Waals surface area contributed by atoms with Gasteiger partial charge in [-0.2, -0.15) is 0 Å². The van der Waals surface area contributed by atoms with E-state index < -0.39 is 0 Å². The number of nitrogens with one attached hydrogen (secondary N) is 2. The predicted molar refractivity (Wildman–Crippen MR) is 67.5 cm³/mol. The molecule has 0 radical (unpaired) electrons. The molecule has 2 saturated carbocycles. The van der Waals surface area contributed by atoms with Crippen molar-refractivity contribution in [2.75, 3.05) is 6.54 Å². The van der Waals surface area contributed by atoms with Gasteiger partial charge in [-0.3, -0.25) is 0 Å². The summed E-state index contributed by atoms with van der Waals surface area (Å²) in [6.45, 7) is 6.04. The lowest BCUT2D eigenvalue weighted by molar-refractivity contribution is 0.310. The Morgan fingerprint density at radius 2 is 1.94 bits per heavy atom. The molecule has 0 bridgehead atoms. The Hall–Kier alpha value is -0.0800. The molecule has 3 fully saturated rings. The Morgan fingerprint density at radius 3 is 2.56 bits per heavy atom. The van der Waals surface area contributed by atoms with Crippen molar-refractivity contribution in [3.05, 3.63) is 0 Å². The van der Waals surface area contributed by atoms with Gasteiger partial charge in [-0.1, -0.05) is 20.3 Å². The molecule has 1 aliphatic heterocycles. The van der Waals surface area contributed by atoms with E-state index in [9.17, 15) is 0 Å². The summed E-state index contributed by atoms with van der Waals surface area (Å²) in [6.07, 6.45) is 8.49. The summed E-state index contributed by atoms with van der Waals surface area (Å²) in [7, 11) is 0. The van der Waals surface area contributed by atoms with Gasteiger partial charge in [-0.25, -0.2) is 0 Å². The van der Waals surface area contributed by atoms with Crippen LogP contribution in [0, 0.1) is 11.3 Å². The highest BCUT2D eigenvalue weighted by molar-refractivity contribution is 5.05. The van der Waals surface area contributed by atoms with Crippen molar-refractivity contribution in [1.29, 1.82) is 0 Å². The summed E-state index contributed by atoms with van der Waals surface area (Å²) >= 11 is 0. The van der Waals surface area contributed by atoms with E-state index >= 15 is 0 Å². The van der Waals surface area contributed by atoms with Crippen molar-refractivity contribution in [2.24, 2.45) is 11.3 Å². The summed E-state index contributed by atoms with van der Waals surface area (Å²) in [5, 5.41) is 7.63. The van der Waals surface area contributed by atoms with Crippen LogP contribution >= 0.6 is 0 Å². The Labute approximate surface area is 99.6 Å². The third-order valence-corrected chi connectivity index (χ3v) is 5.11. The second kappa shape index (κ2) is 3.99. The van der Waals surface area contributed by atoms with Gasteiger partial charge in [0.05, 0.1) is 0 Å². The minimum atomic E-state index is 0.580. The molecule has 16 heavy (non-hydrogen) atoms. The van der Waals surface area contributed by atoms with Crippen LogP contribution < -0.4 is 10.6 Å². The lowest BCUT2D eigenvalue weighted by atomic mass is 9.93. The molecule has 3 aliphatic rings. The zero-order chi connectivity index (χ0) is 11.2. The van der Waals surface area contributed by atoms with Crippen molar-refractivity contribution < 1.29 is 0 Å². The molecule has 1 saturated heterocycles. The number of hydrogen-bond donors (Lipinski definition) is 2. The number of hydrogen-bond acceptors (Lipinski definition) is 2. The first-order valence-corrected chi connectivity index (χ1v) is 7.16. The van der Waals surface area contributed by atoms with Gasteiger partial charge < -0.3 is 10.6 Å². The van der Waals surface area contributed by atoms with Crippen LogP contribution in [0.1, 0.15) is 52.4 Å². The summed E-state index contributed by atoms with van der Waals surface area (Å²) in [6, 6.07) is 2.43. The molecule has 2 aliphatic carbocycles. The van der Waals surface area contributed by atoms with E-state index in [2.05, 4.69) is 24.5 Å². The van der Waals surface area contributed by atoms with Crippen LogP contribution in [-0.2, 0) is 0 Å². The fraction of sp³-hybridized carbons (Fsp3) is 1.00. The third kappa shape index (κ3) is 2.02. The van der Waals surface area contributed by atoms with E-state index in [1.54, 1.807) is 0 Å². The molecule has 2 N–H and O–H groups in total. The molecule has 2 nitrogen and oxygen atoms in total. The molecule has 1 heterocycles. The minimum Gasteiger partial charge on any atom is -0.314 e. The normalized spacial score (nSPS) is 46.1. The first-order valence-electron chi connectivity index (χ1n) is 7.16.